The van der Waals surface area contributed by atoms with E-state index in [1.165, 1.54) is 6.07 Å². The van der Waals surface area contributed by atoms with Gasteiger partial charge in [0.2, 0.25) is 0 Å². The van der Waals surface area contributed by atoms with E-state index in [2.05, 4.69) is 25.8 Å². The van der Waals surface area contributed by atoms with E-state index in [-0.39, 0.29) is 18.0 Å². The second-order valence-electron chi connectivity index (χ2n) is 8.08. The van der Waals surface area contributed by atoms with Crippen molar-refractivity contribution in [3.63, 3.8) is 0 Å². The summed E-state index contributed by atoms with van der Waals surface area (Å²) in [5.74, 6) is 0.432. The summed E-state index contributed by atoms with van der Waals surface area (Å²) in [6.45, 7) is 1.86. The Balaban J connectivity index is 1.39. The lowest BCUT2D eigenvalue weighted by molar-refractivity contribution is 0.0982. The van der Waals surface area contributed by atoms with Crippen LogP contribution >= 0.6 is 0 Å². The van der Waals surface area contributed by atoms with Crippen molar-refractivity contribution >= 4 is 22.6 Å². The molecule has 2 aromatic heterocycles. The van der Waals surface area contributed by atoms with Crippen molar-refractivity contribution in [1.82, 2.24) is 20.5 Å². The summed E-state index contributed by atoms with van der Waals surface area (Å²) in [5, 5.41) is 15.0. The molecule has 1 aliphatic heterocycles. The number of aromatic amines is 1. The number of aromatic nitrogens is 3. The molecule has 162 valence electrons. The third-order valence-electron chi connectivity index (χ3n) is 5.94. The maximum Gasteiger partial charge on any atom is 0.163 e. The van der Waals surface area contributed by atoms with E-state index in [9.17, 15) is 9.18 Å². The maximum absolute atomic E-state index is 15.0. The summed E-state index contributed by atoms with van der Waals surface area (Å²) in [5.41, 5.74) is 3.46. The topological polar surface area (TPSA) is 82.7 Å². The molecule has 4 aromatic rings. The van der Waals surface area contributed by atoms with Crippen LogP contribution in [0.15, 0.2) is 60.8 Å². The summed E-state index contributed by atoms with van der Waals surface area (Å²) in [6.07, 6.45) is 3.35. The van der Waals surface area contributed by atoms with Gasteiger partial charge >= 0.3 is 0 Å². The van der Waals surface area contributed by atoms with Crippen LogP contribution in [0.2, 0.25) is 0 Å². The summed E-state index contributed by atoms with van der Waals surface area (Å²) in [7, 11) is 0. The molecule has 0 aliphatic carbocycles. The van der Waals surface area contributed by atoms with Crippen molar-refractivity contribution in [2.45, 2.75) is 25.3 Å². The third kappa shape index (κ3) is 4.11. The first kappa shape index (κ1) is 20.3. The molecule has 5 rings (SSSR count). The van der Waals surface area contributed by atoms with Gasteiger partial charge in [-0.3, -0.25) is 9.89 Å². The lowest BCUT2D eigenvalue weighted by Gasteiger charge is -2.12. The number of pyridine rings is 1. The van der Waals surface area contributed by atoms with Crippen LogP contribution in [-0.2, 0) is 6.42 Å². The Morgan fingerprint density at radius 1 is 1.16 bits per heavy atom. The molecule has 1 aliphatic rings. The van der Waals surface area contributed by atoms with Crippen LogP contribution < -0.4 is 10.6 Å². The number of nitrogens with one attached hydrogen (secondary N) is 3. The van der Waals surface area contributed by atoms with Gasteiger partial charge in [0.15, 0.2) is 17.2 Å². The molecule has 3 N–H and O–H groups in total. The Kier molecular flexibility index (Phi) is 5.64. The van der Waals surface area contributed by atoms with Gasteiger partial charge < -0.3 is 10.6 Å². The van der Waals surface area contributed by atoms with Gasteiger partial charge in [-0.25, -0.2) is 9.37 Å². The zero-order chi connectivity index (χ0) is 21.9. The van der Waals surface area contributed by atoms with Crippen molar-refractivity contribution in [1.29, 1.82) is 0 Å². The van der Waals surface area contributed by atoms with Gasteiger partial charge in [0.05, 0.1) is 5.39 Å². The molecule has 0 bridgehead atoms. The Labute approximate surface area is 185 Å². The number of ketones is 1. The van der Waals surface area contributed by atoms with Gasteiger partial charge in [0.25, 0.3) is 0 Å². The molecule has 0 unspecified atom stereocenters. The van der Waals surface area contributed by atoms with Gasteiger partial charge in [0, 0.05) is 30.8 Å². The minimum absolute atomic E-state index is 0.0143. The number of hydrogen-bond donors (Lipinski definition) is 3. The van der Waals surface area contributed by atoms with Gasteiger partial charge in [-0.1, -0.05) is 42.5 Å². The third-order valence-corrected chi connectivity index (χ3v) is 5.94. The summed E-state index contributed by atoms with van der Waals surface area (Å²) >= 11 is 0. The quantitative estimate of drug-likeness (QED) is 0.381. The van der Waals surface area contributed by atoms with E-state index in [0.717, 1.165) is 41.8 Å². The Morgan fingerprint density at radius 2 is 2.03 bits per heavy atom. The van der Waals surface area contributed by atoms with Gasteiger partial charge in [-0.05, 0) is 48.2 Å². The highest BCUT2D eigenvalue weighted by Crippen LogP contribution is 2.33. The summed E-state index contributed by atoms with van der Waals surface area (Å²) < 4.78 is 15.0. The van der Waals surface area contributed by atoms with Crippen LogP contribution in [0.1, 0.15) is 28.8 Å². The number of Topliss-reactive ketones (excluding diaryl/α,β-unsaturated/α-hetero) is 1. The van der Waals surface area contributed by atoms with E-state index in [1.807, 2.05) is 30.3 Å². The number of carbonyl (C=O) groups is 1. The number of halogens is 1. The highest BCUT2D eigenvalue weighted by atomic mass is 19.1. The van der Waals surface area contributed by atoms with Crippen molar-refractivity contribution in [2.75, 3.05) is 18.4 Å². The lowest BCUT2D eigenvalue weighted by atomic mass is 9.98. The van der Waals surface area contributed by atoms with Crippen molar-refractivity contribution in [3.05, 3.63) is 77.7 Å². The Bertz CT molecular complexity index is 1250. The lowest BCUT2D eigenvalue weighted by Crippen LogP contribution is -2.22. The van der Waals surface area contributed by atoms with Crippen molar-refractivity contribution in [3.8, 4) is 11.1 Å². The average molecular weight is 429 g/mol. The molecular weight excluding hydrogens is 405 g/mol. The molecule has 0 saturated carbocycles. The number of anilines is 1. The second kappa shape index (κ2) is 8.88. The van der Waals surface area contributed by atoms with Crippen LogP contribution in [0, 0.1) is 5.82 Å². The molecule has 3 heterocycles. The van der Waals surface area contributed by atoms with Gasteiger partial charge in [0.1, 0.15) is 5.82 Å². The van der Waals surface area contributed by atoms with Gasteiger partial charge in [-0.2, -0.15) is 5.10 Å². The SMILES string of the molecule is O=C(CCc1ccc(-c2ccnc3[nH]nc(N[C@@H]4CCNC4)c23)cc1F)c1ccccc1. The normalized spacial score (nSPS) is 15.8. The number of aryl methyl sites for hydroxylation is 1. The fourth-order valence-electron chi connectivity index (χ4n) is 4.20. The average Bonchev–Trinajstić information content (AvgIpc) is 3.49. The molecule has 1 saturated heterocycles. The number of carbonyl (C=O) groups excluding carboxylic acids is 1. The number of rotatable bonds is 7. The summed E-state index contributed by atoms with van der Waals surface area (Å²) in [4.78, 5) is 16.7. The largest absolute Gasteiger partial charge is 0.364 e. The van der Waals surface area contributed by atoms with E-state index in [0.29, 0.717) is 29.2 Å². The molecular formula is C25H24FN5O. The summed E-state index contributed by atoms with van der Waals surface area (Å²) in [6, 6.07) is 16.5. The standard InChI is InChI=1S/C25H24FN5O/c26-21-14-18(7-6-16(21)8-9-22(32)17-4-2-1-3-5-17)20-11-13-28-24-23(20)25(31-30-24)29-19-10-12-27-15-19/h1-7,11,13-14,19,27H,8-10,12,15H2,(H2,28,29,30,31)/t19-/m1/s1. The highest BCUT2D eigenvalue weighted by molar-refractivity contribution is 6.00. The van der Waals surface area contributed by atoms with Crippen LogP contribution in [-0.4, -0.2) is 40.1 Å². The Morgan fingerprint density at radius 3 is 2.81 bits per heavy atom. The van der Waals surface area contributed by atoms with Crippen LogP contribution in [0.25, 0.3) is 22.2 Å². The fraction of sp³-hybridized carbons (Fsp3) is 0.240. The van der Waals surface area contributed by atoms with Crippen molar-refractivity contribution < 1.29 is 9.18 Å². The van der Waals surface area contributed by atoms with Crippen LogP contribution in [0.4, 0.5) is 10.2 Å². The molecule has 2 aromatic carbocycles. The van der Waals surface area contributed by atoms with E-state index < -0.39 is 0 Å². The first-order valence-corrected chi connectivity index (χ1v) is 10.9. The molecule has 7 heteroatoms. The Hall–Kier alpha value is -3.58. The molecule has 0 radical (unpaired) electrons. The zero-order valence-corrected chi connectivity index (χ0v) is 17.6. The predicted octanol–water partition coefficient (Wildman–Crippen LogP) is 4.35. The zero-order valence-electron chi connectivity index (χ0n) is 17.6. The van der Waals surface area contributed by atoms with Crippen LogP contribution in [0.5, 0.6) is 0 Å². The van der Waals surface area contributed by atoms with Crippen molar-refractivity contribution in [2.24, 2.45) is 0 Å². The van der Waals surface area contributed by atoms with Crippen LogP contribution in [0.3, 0.4) is 0 Å². The number of fused-ring (bicyclic) bond motifs is 1. The monoisotopic (exact) mass is 429 g/mol. The smallest absolute Gasteiger partial charge is 0.163 e. The fourth-order valence-corrected chi connectivity index (χ4v) is 4.20. The number of nitrogens with zero attached hydrogens (tertiary/aromatic N) is 2. The molecule has 0 spiro atoms. The van der Waals surface area contributed by atoms with E-state index in [4.69, 9.17) is 0 Å². The molecule has 32 heavy (non-hydrogen) atoms. The van der Waals surface area contributed by atoms with E-state index in [1.54, 1.807) is 24.4 Å². The minimum atomic E-state index is -0.314. The van der Waals surface area contributed by atoms with E-state index >= 15 is 0 Å². The number of H-pyrrole nitrogens is 1. The first-order valence-electron chi connectivity index (χ1n) is 10.9. The molecule has 6 nitrogen and oxygen atoms in total. The predicted molar refractivity (Wildman–Crippen MR) is 123 cm³/mol. The number of benzene rings is 2. The molecule has 1 atom stereocenters. The molecule has 0 amide bonds. The first-order chi connectivity index (χ1) is 15.7. The molecule has 1 fully saturated rings. The highest BCUT2D eigenvalue weighted by Gasteiger charge is 2.19. The second-order valence-corrected chi connectivity index (χ2v) is 8.08. The number of hydrogen-bond acceptors (Lipinski definition) is 5. The maximum atomic E-state index is 15.0. The van der Waals surface area contributed by atoms with Gasteiger partial charge in [-0.15, -0.1) is 0 Å². The minimum Gasteiger partial charge on any atom is -0.364 e.